The number of Topliss-reactive ketones (excluding diaryl/α,β-unsaturated/α-hetero) is 1. The van der Waals surface area contributed by atoms with Crippen LogP contribution < -0.4 is 0 Å². The van der Waals surface area contributed by atoms with Crippen LogP contribution in [-0.2, 0) is 0 Å². The molecule has 15 heavy (non-hydrogen) atoms. The molecule has 0 heterocycles. The monoisotopic (exact) mass is 245 g/mol. The summed E-state index contributed by atoms with van der Waals surface area (Å²) in [4.78, 5) is 13.7. The van der Waals surface area contributed by atoms with E-state index in [2.05, 4.69) is 0 Å². The first-order chi connectivity index (χ1) is 7.04. The Hall–Kier alpha value is -0.570. The minimum Gasteiger partial charge on any atom is -0.299 e. The van der Waals surface area contributed by atoms with Gasteiger partial charge in [0.25, 0.3) is 0 Å². The smallest absolute Gasteiger partial charge is 0.178 e. The van der Waals surface area contributed by atoms with Crippen LogP contribution in [0.5, 0.6) is 0 Å². The molecule has 0 fully saturated rings. The number of carbonyl (C=O) groups is 1. The van der Waals surface area contributed by atoms with Gasteiger partial charge >= 0.3 is 0 Å². The quantitative estimate of drug-likeness (QED) is 0.760. The molecule has 1 aromatic rings. The van der Waals surface area contributed by atoms with E-state index in [4.69, 9.17) is 23.2 Å². The molecular formula is C11H13Cl2NO. The molecule has 0 amide bonds. The number of nitrogens with zero attached hydrogens (tertiary/aromatic N) is 1. The van der Waals surface area contributed by atoms with Crippen LogP contribution in [0.15, 0.2) is 18.2 Å². The number of benzene rings is 1. The number of rotatable bonds is 4. The molecule has 0 radical (unpaired) electrons. The van der Waals surface area contributed by atoms with E-state index in [1.165, 1.54) is 0 Å². The molecule has 0 aromatic heterocycles. The van der Waals surface area contributed by atoms with Crippen molar-refractivity contribution in [3.05, 3.63) is 33.8 Å². The third kappa shape index (κ3) is 3.49. The Morgan fingerprint density at radius 1 is 1.40 bits per heavy atom. The van der Waals surface area contributed by atoms with Gasteiger partial charge in [0.15, 0.2) is 5.78 Å². The van der Waals surface area contributed by atoms with Gasteiger partial charge in [0.1, 0.15) is 0 Å². The summed E-state index contributed by atoms with van der Waals surface area (Å²) in [6.07, 6.45) is 0. The van der Waals surface area contributed by atoms with E-state index in [9.17, 15) is 4.79 Å². The molecule has 0 unspecified atom stereocenters. The molecular weight excluding hydrogens is 233 g/mol. The minimum absolute atomic E-state index is 0.0148. The molecule has 2 nitrogen and oxygen atoms in total. The Kier molecular flexibility index (Phi) is 4.58. The van der Waals surface area contributed by atoms with Gasteiger partial charge in [-0.25, -0.2) is 0 Å². The lowest BCUT2D eigenvalue weighted by atomic mass is 10.1. The predicted octanol–water partition coefficient (Wildman–Crippen LogP) is 3.13. The number of carbonyl (C=O) groups excluding carboxylic acids is 1. The lowest BCUT2D eigenvalue weighted by molar-refractivity contribution is 0.0949. The average Bonchev–Trinajstić information content (AvgIpc) is 2.17. The Labute approximate surface area is 99.8 Å². The Morgan fingerprint density at radius 2 is 2.07 bits per heavy atom. The Bertz CT molecular complexity index is 366. The van der Waals surface area contributed by atoms with Crippen LogP contribution in [0.25, 0.3) is 0 Å². The van der Waals surface area contributed by atoms with Crippen LogP contribution in [0.4, 0.5) is 0 Å². The summed E-state index contributed by atoms with van der Waals surface area (Å²) >= 11 is 11.7. The fraction of sp³-hybridized carbons (Fsp3) is 0.364. The van der Waals surface area contributed by atoms with Gasteiger partial charge in [-0.2, -0.15) is 0 Å². The largest absolute Gasteiger partial charge is 0.299 e. The van der Waals surface area contributed by atoms with Crippen LogP contribution >= 0.6 is 23.2 Å². The van der Waals surface area contributed by atoms with E-state index < -0.39 is 0 Å². The van der Waals surface area contributed by atoms with Gasteiger partial charge in [0.2, 0.25) is 0 Å². The molecule has 0 atom stereocenters. The highest BCUT2D eigenvalue weighted by molar-refractivity contribution is 6.36. The summed E-state index contributed by atoms with van der Waals surface area (Å²) in [6, 6.07) is 4.92. The zero-order valence-corrected chi connectivity index (χ0v) is 10.3. The molecule has 0 saturated carbocycles. The topological polar surface area (TPSA) is 20.3 Å². The number of hydrogen-bond acceptors (Lipinski definition) is 2. The second-order valence-corrected chi connectivity index (χ2v) is 4.22. The molecule has 82 valence electrons. The van der Waals surface area contributed by atoms with Gasteiger partial charge in [-0.1, -0.05) is 30.1 Å². The third-order valence-electron chi connectivity index (χ3n) is 2.18. The van der Waals surface area contributed by atoms with E-state index in [-0.39, 0.29) is 5.78 Å². The lowest BCUT2D eigenvalue weighted by Crippen LogP contribution is -2.25. The summed E-state index contributed by atoms with van der Waals surface area (Å²) in [5.41, 5.74) is 0.529. The van der Waals surface area contributed by atoms with E-state index in [1.54, 1.807) is 18.2 Å². The van der Waals surface area contributed by atoms with Gasteiger partial charge in [0.05, 0.1) is 11.6 Å². The molecule has 0 saturated heterocycles. The molecule has 0 aliphatic heterocycles. The van der Waals surface area contributed by atoms with E-state index in [1.807, 2.05) is 18.9 Å². The summed E-state index contributed by atoms with van der Waals surface area (Å²) in [5.74, 6) is 0.0148. The number of ketones is 1. The standard InChI is InChI=1S/C11H13Cl2NO/c1-3-14(2)7-11(15)9-5-4-8(12)6-10(9)13/h4-6H,3,7H2,1-2H3. The van der Waals surface area contributed by atoms with Crippen LogP contribution in [0.3, 0.4) is 0 Å². The number of halogens is 2. The highest BCUT2D eigenvalue weighted by Gasteiger charge is 2.12. The maximum absolute atomic E-state index is 11.8. The molecule has 0 N–H and O–H groups in total. The number of hydrogen-bond donors (Lipinski definition) is 0. The van der Waals surface area contributed by atoms with Crippen molar-refractivity contribution in [2.75, 3.05) is 20.1 Å². The first-order valence-electron chi connectivity index (χ1n) is 4.71. The van der Waals surface area contributed by atoms with Crippen molar-refractivity contribution in [2.45, 2.75) is 6.92 Å². The highest BCUT2D eigenvalue weighted by Crippen LogP contribution is 2.21. The summed E-state index contributed by atoms with van der Waals surface area (Å²) in [5, 5.41) is 0.956. The van der Waals surface area contributed by atoms with E-state index >= 15 is 0 Å². The minimum atomic E-state index is 0.0148. The maximum atomic E-state index is 11.8. The maximum Gasteiger partial charge on any atom is 0.178 e. The lowest BCUT2D eigenvalue weighted by Gasteiger charge is -2.13. The second kappa shape index (κ2) is 5.50. The van der Waals surface area contributed by atoms with E-state index in [0.717, 1.165) is 6.54 Å². The van der Waals surface area contributed by atoms with Gasteiger partial charge in [0, 0.05) is 10.6 Å². The fourth-order valence-electron chi connectivity index (χ4n) is 1.16. The third-order valence-corrected chi connectivity index (χ3v) is 2.73. The van der Waals surface area contributed by atoms with Gasteiger partial charge < -0.3 is 0 Å². The van der Waals surface area contributed by atoms with Crippen molar-refractivity contribution in [1.29, 1.82) is 0 Å². The fourth-order valence-corrected chi connectivity index (χ4v) is 1.67. The normalized spacial score (nSPS) is 10.7. The molecule has 0 aliphatic carbocycles. The predicted molar refractivity (Wildman–Crippen MR) is 64.0 cm³/mol. The van der Waals surface area contributed by atoms with Crippen LogP contribution in [-0.4, -0.2) is 30.8 Å². The molecule has 0 aliphatic rings. The first kappa shape index (κ1) is 12.5. The molecule has 0 spiro atoms. The van der Waals surface area contributed by atoms with Gasteiger partial charge in [-0.15, -0.1) is 0 Å². The summed E-state index contributed by atoms with van der Waals surface area (Å²) in [7, 11) is 1.89. The zero-order chi connectivity index (χ0) is 11.4. The molecule has 1 aromatic carbocycles. The van der Waals surface area contributed by atoms with Crippen molar-refractivity contribution >= 4 is 29.0 Å². The van der Waals surface area contributed by atoms with E-state index in [0.29, 0.717) is 22.2 Å². The zero-order valence-electron chi connectivity index (χ0n) is 8.76. The van der Waals surface area contributed by atoms with Gasteiger partial charge in [-0.3, -0.25) is 9.69 Å². The number of likely N-dealkylation sites (N-methyl/N-ethyl adjacent to an activating group) is 1. The van der Waals surface area contributed by atoms with Gasteiger partial charge in [-0.05, 0) is 31.8 Å². The molecule has 1 rings (SSSR count). The van der Waals surface area contributed by atoms with Crippen molar-refractivity contribution in [3.63, 3.8) is 0 Å². The first-order valence-corrected chi connectivity index (χ1v) is 5.47. The van der Waals surface area contributed by atoms with Crippen LogP contribution in [0.1, 0.15) is 17.3 Å². The Morgan fingerprint density at radius 3 is 2.60 bits per heavy atom. The van der Waals surface area contributed by atoms with Crippen molar-refractivity contribution in [2.24, 2.45) is 0 Å². The van der Waals surface area contributed by atoms with Crippen LogP contribution in [0, 0.1) is 0 Å². The second-order valence-electron chi connectivity index (χ2n) is 3.38. The summed E-state index contributed by atoms with van der Waals surface area (Å²) in [6.45, 7) is 3.20. The SMILES string of the molecule is CCN(C)CC(=O)c1ccc(Cl)cc1Cl. The Balaban J connectivity index is 2.82. The average molecular weight is 246 g/mol. The van der Waals surface area contributed by atoms with Crippen molar-refractivity contribution in [3.8, 4) is 0 Å². The van der Waals surface area contributed by atoms with Crippen LogP contribution in [0.2, 0.25) is 10.0 Å². The summed E-state index contributed by atoms with van der Waals surface area (Å²) < 4.78 is 0. The highest BCUT2D eigenvalue weighted by atomic mass is 35.5. The van der Waals surface area contributed by atoms with Crippen molar-refractivity contribution in [1.82, 2.24) is 4.90 Å². The van der Waals surface area contributed by atoms with Crippen molar-refractivity contribution < 1.29 is 4.79 Å². The molecule has 4 heteroatoms. The molecule has 0 bridgehead atoms.